The second kappa shape index (κ2) is 8.52. The van der Waals surface area contributed by atoms with Crippen LogP contribution in [0.3, 0.4) is 0 Å². The van der Waals surface area contributed by atoms with Gasteiger partial charge in [0.15, 0.2) is 0 Å². The van der Waals surface area contributed by atoms with E-state index in [1.165, 1.54) is 25.3 Å². The van der Waals surface area contributed by atoms with E-state index < -0.39 is 20.7 Å². The van der Waals surface area contributed by atoms with E-state index in [2.05, 4.69) is 5.16 Å². The molecule has 4 nitrogen and oxygen atoms in total. The van der Waals surface area contributed by atoms with E-state index in [0.29, 0.717) is 11.3 Å². The third-order valence-electron chi connectivity index (χ3n) is 5.97. The van der Waals surface area contributed by atoms with Crippen molar-refractivity contribution in [1.82, 2.24) is 9.83 Å². The minimum Gasteiger partial charge on any atom is -0.391 e. The molecule has 1 N–H and O–H groups in total. The molecule has 1 saturated heterocycles. The van der Waals surface area contributed by atoms with Crippen molar-refractivity contribution in [3.05, 3.63) is 41.2 Å². The minimum absolute atomic E-state index is 0.0648. The number of nitrogens with zero attached hydrogens (tertiary/aromatic N) is 2. The predicted molar refractivity (Wildman–Crippen MR) is 102 cm³/mol. The molecule has 3 atom stereocenters. The molecule has 2 saturated carbocycles. The van der Waals surface area contributed by atoms with E-state index in [4.69, 9.17) is 4.52 Å². The lowest BCUT2D eigenvalue weighted by atomic mass is 10.0. The molecule has 0 spiro atoms. The Hall–Kier alpha value is -1.43. The monoisotopic (exact) mass is 412 g/mol. The molecule has 28 heavy (non-hydrogen) atoms. The lowest BCUT2D eigenvalue weighted by molar-refractivity contribution is 0.277. The molecule has 8 heteroatoms. The zero-order valence-corrected chi connectivity index (χ0v) is 16.5. The number of fused-ring (bicyclic) bond motifs is 1. The van der Waals surface area contributed by atoms with Crippen molar-refractivity contribution in [2.24, 2.45) is 11.8 Å². The van der Waals surface area contributed by atoms with Crippen LogP contribution in [0.2, 0.25) is 0 Å². The summed E-state index contributed by atoms with van der Waals surface area (Å²) in [5.74, 6) is 1.06. The fourth-order valence-corrected chi connectivity index (χ4v) is 4.97. The van der Waals surface area contributed by atoms with Crippen molar-refractivity contribution in [1.29, 1.82) is 0 Å². The number of benzene rings is 1. The Morgan fingerprint density at radius 1 is 1.11 bits per heavy atom. The van der Waals surface area contributed by atoms with Crippen molar-refractivity contribution in [2.75, 3.05) is 13.1 Å². The van der Waals surface area contributed by atoms with Crippen LogP contribution in [0.15, 0.2) is 22.7 Å². The van der Waals surface area contributed by atoms with E-state index in [0.717, 1.165) is 49.9 Å². The number of aliphatic hydroxyl groups is 1. The molecule has 1 aliphatic heterocycles. The smallest absolute Gasteiger partial charge is 0.145 e. The Morgan fingerprint density at radius 3 is 2.29 bits per heavy atom. The third kappa shape index (κ3) is 3.98. The number of rotatable bonds is 4. The van der Waals surface area contributed by atoms with Crippen LogP contribution in [-0.4, -0.2) is 28.0 Å². The highest BCUT2D eigenvalue weighted by Gasteiger charge is 2.36. The van der Waals surface area contributed by atoms with E-state index in [1.807, 2.05) is 4.67 Å². The van der Waals surface area contributed by atoms with Crippen molar-refractivity contribution >= 4 is 9.04 Å². The Bertz CT molecular complexity index is 796. The number of hydrogen-bond donors (Lipinski definition) is 1. The van der Waals surface area contributed by atoms with Gasteiger partial charge < -0.3 is 9.63 Å². The third-order valence-corrected chi connectivity index (χ3v) is 6.57. The summed E-state index contributed by atoms with van der Waals surface area (Å²) in [6.45, 7) is 1.75. The first kappa shape index (κ1) is 19.9. The minimum atomic E-state index is -0.708. The molecule has 5 rings (SSSR count). The lowest BCUT2D eigenvalue weighted by Crippen LogP contribution is -2.09. The second-order valence-corrected chi connectivity index (χ2v) is 8.65. The fraction of sp³-hybridized carbons (Fsp3) is 0.550. The van der Waals surface area contributed by atoms with Gasteiger partial charge in [-0.05, 0) is 49.7 Å². The summed E-state index contributed by atoms with van der Waals surface area (Å²) in [6.07, 6.45) is 6.01. The number of aliphatic hydroxyl groups excluding tert-OH is 1. The van der Waals surface area contributed by atoms with Crippen LogP contribution in [0.1, 0.15) is 49.3 Å². The van der Waals surface area contributed by atoms with Gasteiger partial charge in [-0.25, -0.2) is 13.0 Å². The van der Waals surface area contributed by atoms with E-state index in [-0.39, 0.29) is 23.8 Å². The Kier molecular flexibility index (Phi) is 6.04. The summed E-state index contributed by atoms with van der Waals surface area (Å²) >= 11 is 0. The molecule has 1 aromatic carbocycles. The van der Waals surface area contributed by atoms with Gasteiger partial charge in [0.25, 0.3) is 0 Å². The maximum atomic E-state index is 13.7. The summed E-state index contributed by atoms with van der Waals surface area (Å²) < 4.78 is 46.6. The Balaban J connectivity index is 0.000000162. The van der Waals surface area contributed by atoms with E-state index >= 15 is 0 Å². The molecule has 2 aliphatic carbocycles. The highest BCUT2D eigenvalue weighted by molar-refractivity contribution is 7.28. The van der Waals surface area contributed by atoms with Gasteiger partial charge in [0.1, 0.15) is 32.1 Å². The molecule has 1 unspecified atom stereocenters. The Labute approximate surface area is 164 Å². The molecule has 2 heterocycles. The largest absolute Gasteiger partial charge is 0.391 e. The van der Waals surface area contributed by atoms with Gasteiger partial charge in [-0.2, -0.15) is 0 Å². The van der Waals surface area contributed by atoms with E-state index in [9.17, 15) is 18.1 Å². The van der Waals surface area contributed by atoms with Crippen molar-refractivity contribution < 1.29 is 22.6 Å². The van der Waals surface area contributed by atoms with Gasteiger partial charge in [-0.1, -0.05) is 17.6 Å². The first-order valence-electron chi connectivity index (χ1n) is 9.77. The van der Waals surface area contributed by atoms with Gasteiger partial charge in [0.2, 0.25) is 0 Å². The van der Waals surface area contributed by atoms with Crippen LogP contribution in [0.4, 0.5) is 13.0 Å². The SMILES string of the molecule is FPN1C[C@H]2CCC[C@H]2C1.OCc1c(-c2c(F)cccc2F)noc1C1CC1. The van der Waals surface area contributed by atoms with Crippen molar-refractivity contribution in [3.8, 4) is 11.3 Å². The molecule has 152 valence electrons. The van der Waals surface area contributed by atoms with Gasteiger partial charge in [-0.3, -0.25) is 4.67 Å². The number of aromatic nitrogens is 1. The molecular formula is C20H24F3N2O2P. The van der Waals surface area contributed by atoms with Crippen LogP contribution < -0.4 is 0 Å². The van der Waals surface area contributed by atoms with Gasteiger partial charge in [0, 0.05) is 24.6 Å². The second-order valence-electron chi connectivity index (χ2n) is 7.84. The van der Waals surface area contributed by atoms with Gasteiger partial charge in [0.05, 0.1) is 12.2 Å². The molecule has 2 aromatic rings. The summed E-state index contributed by atoms with van der Waals surface area (Å²) in [5, 5.41) is 13.1. The number of hydrogen-bond acceptors (Lipinski definition) is 4. The van der Waals surface area contributed by atoms with Crippen LogP contribution in [-0.2, 0) is 6.61 Å². The molecule has 3 aliphatic rings. The fourth-order valence-electron chi connectivity index (χ4n) is 4.37. The lowest BCUT2D eigenvalue weighted by Gasteiger charge is -2.08. The molecule has 0 amide bonds. The zero-order chi connectivity index (χ0) is 19.7. The quantitative estimate of drug-likeness (QED) is 0.703. The normalized spacial score (nSPS) is 24.6. The topological polar surface area (TPSA) is 49.5 Å². The summed E-state index contributed by atoms with van der Waals surface area (Å²) in [6, 6.07) is 3.60. The molecular weight excluding hydrogens is 388 g/mol. The highest BCUT2D eigenvalue weighted by Crippen LogP contribution is 2.44. The van der Waals surface area contributed by atoms with E-state index in [1.54, 1.807) is 0 Å². The molecule has 0 radical (unpaired) electrons. The predicted octanol–water partition coefficient (Wildman–Crippen LogP) is 5.19. The highest BCUT2D eigenvalue weighted by atomic mass is 31.1. The van der Waals surface area contributed by atoms with Crippen LogP contribution in [0.5, 0.6) is 0 Å². The van der Waals surface area contributed by atoms with Crippen LogP contribution in [0, 0.1) is 23.5 Å². The summed E-state index contributed by atoms with van der Waals surface area (Å²) in [4.78, 5) is 0. The summed E-state index contributed by atoms with van der Waals surface area (Å²) in [5.41, 5.74) is 0.216. The van der Waals surface area contributed by atoms with Gasteiger partial charge >= 0.3 is 0 Å². The number of halogens is 3. The van der Waals surface area contributed by atoms with Crippen LogP contribution >= 0.6 is 9.04 Å². The van der Waals surface area contributed by atoms with Gasteiger partial charge in [-0.15, -0.1) is 0 Å². The van der Waals surface area contributed by atoms with Crippen molar-refractivity contribution in [3.63, 3.8) is 0 Å². The standard InChI is InChI=1S/C13H11F2NO2.C7H13FNP/c14-9-2-1-3-10(15)11(9)12-8(6-17)13(18-16-12)7-4-5-7;8-10-9-4-6-2-1-3-7(6)5-9/h1-3,7,17H,4-6H2;6-7,10H,1-5H2/t;6-,7+. The first-order chi connectivity index (χ1) is 13.6. The van der Waals surface area contributed by atoms with Crippen LogP contribution in [0.25, 0.3) is 11.3 Å². The molecule has 3 fully saturated rings. The zero-order valence-electron chi connectivity index (χ0n) is 15.5. The van der Waals surface area contributed by atoms with Crippen molar-refractivity contribution in [2.45, 2.75) is 44.6 Å². The Morgan fingerprint density at radius 2 is 1.75 bits per heavy atom. The first-order valence-corrected chi connectivity index (χ1v) is 10.6. The maximum Gasteiger partial charge on any atom is 0.145 e. The molecule has 0 bridgehead atoms. The average Bonchev–Trinajstić information content (AvgIpc) is 3.11. The molecule has 1 aromatic heterocycles. The average molecular weight is 412 g/mol. The maximum absolute atomic E-state index is 13.7. The summed E-state index contributed by atoms with van der Waals surface area (Å²) in [7, 11) is -0.446.